The van der Waals surface area contributed by atoms with Crippen LogP contribution in [0.2, 0.25) is 118 Å². The average Bonchev–Trinajstić information content (AvgIpc) is 2.48. The van der Waals surface area contributed by atoms with E-state index in [1.807, 2.05) is 0 Å². The first-order chi connectivity index (χ1) is 16.3. The van der Waals surface area contributed by atoms with E-state index in [2.05, 4.69) is 130 Å². The second kappa shape index (κ2) is 11.8. The van der Waals surface area contributed by atoms with E-state index in [4.69, 9.17) is 34.8 Å². The zero-order valence-electron chi connectivity index (χ0n) is 28.2. The summed E-state index contributed by atoms with van der Waals surface area (Å²) in [5.41, 5.74) is 6.18. The van der Waals surface area contributed by atoms with Gasteiger partial charge in [0, 0.05) is 54.9 Å². The summed E-state index contributed by atoms with van der Waals surface area (Å²) in [7, 11) is -9.36. The van der Waals surface area contributed by atoms with Gasteiger partial charge in [-0.05, 0) is 37.7 Å². The van der Waals surface area contributed by atoms with Gasteiger partial charge in [0.15, 0.2) is 3.79 Å². The molecule has 0 saturated heterocycles. The van der Waals surface area contributed by atoms with Gasteiger partial charge in [-0.15, -0.1) is 0 Å². The summed E-state index contributed by atoms with van der Waals surface area (Å²) in [6.45, 7) is 46.4. The first-order valence-electron chi connectivity index (χ1n) is 14.5. The predicted octanol–water partition coefficient (Wildman–Crippen LogP) is 12.1. The molecule has 0 unspecified atom stereocenters. The molecule has 0 nitrogen and oxygen atoms in total. The van der Waals surface area contributed by atoms with Crippen molar-refractivity contribution < 1.29 is 0 Å². The Kier molecular flexibility index (Phi) is 11.6. The van der Waals surface area contributed by atoms with E-state index in [1.165, 1.54) is 5.56 Å². The molecule has 0 aliphatic heterocycles. The minimum Gasteiger partial charge on any atom is -0.0833 e. The van der Waals surface area contributed by atoms with E-state index in [9.17, 15) is 0 Å². The minimum absolute atomic E-state index is 0.518. The van der Waals surface area contributed by atoms with E-state index in [0.717, 1.165) is 0 Å². The summed E-state index contributed by atoms with van der Waals surface area (Å²) in [4.78, 5) is 0. The molecule has 0 heterocycles. The first-order valence-corrected chi connectivity index (χ1v) is 37.1. The van der Waals surface area contributed by atoms with Crippen molar-refractivity contribution >= 4 is 83.2 Å². The summed E-state index contributed by atoms with van der Waals surface area (Å²) in [5.74, 6) is 0. The lowest BCUT2D eigenvalue weighted by molar-refractivity contribution is 0.938. The van der Waals surface area contributed by atoms with Crippen molar-refractivity contribution in [2.75, 3.05) is 0 Å². The third kappa shape index (κ3) is 9.99. The largest absolute Gasteiger partial charge is 0.194 e. The van der Waals surface area contributed by atoms with Gasteiger partial charge in [0.25, 0.3) is 0 Å². The summed E-state index contributed by atoms with van der Waals surface area (Å²) in [5, 5.41) is 1.93. The lowest BCUT2D eigenvalue weighted by Crippen LogP contribution is -2.50. The molecule has 0 saturated carbocycles. The van der Waals surface area contributed by atoms with Crippen LogP contribution in [-0.4, -0.2) is 52.2 Å². The lowest BCUT2D eigenvalue weighted by Gasteiger charge is -2.46. The Morgan fingerprint density at radius 1 is 0.474 bits per heavy atom. The monoisotopic (exact) mass is 682 g/mol. The summed E-state index contributed by atoms with van der Waals surface area (Å²) < 4.78 is -1.30. The molecule has 1 aromatic rings. The molecule has 1 rings (SSSR count). The highest BCUT2D eigenvalue weighted by Crippen LogP contribution is 2.48. The average molecular weight is 685 g/mol. The van der Waals surface area contributed by atoms with Gasteiger partial charge in [0.1, 0.15) is 0 Å². The standard InChI is InChI=1S/C29H61Cl3Si6/c1-33(2,3)26(34(4,5)6)22-19-23(27(35(7,8)9)36(10,11)12)25(21-29(30,31)32)24(20-22)28(37(13,14)15)38(16,17)18/h19-20,26-28H,21H2,1-18H3. The van der Waals surface area contributed by atoms with Gasteiger partial charge in [-0.2, -0.15) is 0 Å². The Hall–Kier alpha value is 1.39. The van der Waals surface area contributed by atoms with Crippen LogP contribution in [0.25, 0.3) is 0 Å². The first kappa shape index (κ1) is 37.4. The van der Waals surface area contributed by atoms with Crippen LogP contribution in [0.3, 0.4) is 0 Å². The maximum absolute atomic E-state index is 6.72. The van der Waals surface area contributed by atoms with Gasteiger partial charge in [-0.1, -0.05) is 165 Å². The van der Waals surface area contributed by atoms with Gasteiger partial charge >= 0.3 is 0 Å². The highest BCUT2D eigenvalue weighted by Gasteiger charge is 2.47. The zero-order chi connectivity index (χ0) is 30.7. The fraction of sp³-hybridized carbons (Fsp3) is 0.793. The van der Waals surface area contributed by atoms with Crippen molar-refractivity contribution in [1.82, 2.24) is 0 Å². The number of halogens is 3. The van der Waals surface area contributed by atoms with Crippen LogP contribution in [0.4, 0.5) is 0 Å². The van der Waals surface area contributed by atoms with Crippen LogP contribution < -0.4 is 0 Å². The topological polar surface area (TPSA) is 0 Å². The maximum Gasteiger partial charge on any atom is 0.194 e. The number of hydrogen-bond donors (Lipinski definition) is 0. The number of benzene rings is 1. The van der Waals surface area contributed by atoms with E-state index in [1.54, 1.807) is 16.7 Å². The van der Waals surface area contributed by atoms with Gasteiger partial charge in [0.2, 0.25) is 0 Å². The van der Waals surface area contributed by atoms with E-state index in [0.29, 0.717) is 21.9 Å². The molecule has 38 heavy (non-hydrogen) atoms. The Balaban J connectivity index is 4.59. The van der Waals surface area contributed by atoms with Crippen molar-refractivity contribution in [2.45, 2.75) is 144 Å². The Morgan fingerprint density at radius 2 is 0.711 bits per heavy atom. The molecule has 1 aromatic carbocycles. The summed E-state index contributed by atoms with van der Waals surface area (Å²) in [6.07, 6.45) is 0.518. The molecule has 0 N–H and O–H groups in total. The Morgan fingerprint density at radius 3 is 0.895 bits per heavy atom. The minimum atomic E-state index is -1.59. The Bertz CT molecular complexity index is 864. The van der Waals surface area contributed by atoms with Gasteiger partial charge in [-0.3, -0.25) is 0 Å². The van der Waals surface area contributed by atoms with Gasteiger partial charge in [-0.25, -0.2) is 0 Å². The molecule has 0 bridgehead atoms. The van der Waals surface area contributed by atoms with Crippen molar-refractivity contribution in [3.05, 3.63) is 34.4 Å². The molecule has 0 spiro atoms. The van der Waals surface area contributed by atoms with Gasteiger partial charge in [0.05, 0.1) is 0 Å². The predicted molar refractivity (Wildman–Crippen MR) is 199 cm³/mol. The number of rotatable bonds is 10. The smallest absolute Gasteiger partial charge is 0.0833 e. The van der Waals surface area contributed by atoms with Crippen LogP contribution in [-0.2, 0) is 6.42 Å². The molecule has 0 aliphatic carbocycles. The third-order valence-corrected chi connectivity index (χ3v) is 36.2. The molecule has 0 aliphatic rings. The SMILES string of the molecule is C[Si](C)(C)C(c1cc(C([Si](C)(C)C)[Si](C)(C)C)c(CC(Cl)(Cl)Cl)c(C([Si](C)(C)C)[Si](C)(C)C)c1)[Si](C)(C)C. The normalized spacial score (nSPS) is 15.3. The number of hydrogen-bond acceptors (Lipinski definition) is 0. The fourth-order valence-corrected chi connectivity index (χ4v) is 47.3. The van der Waals surface area contributed by atoms with Crippen molar-refractivity contribution in [2.24, 2.45) is 0 Å². The van der Waals surface area contributed by atoms with Crippen LogP contribution in [0, 0.1) is 0 Å². The molecule has 9 heteroatoms. The van der Waals surface area contributed by atoms with Crippen molar-refractivity contribution in [3.63, 3.8) is 0 Å². The summed E-state index contributed by atoms with van der Waals surface area (Å²) >= 11 is 20.1. The molecule has 0 aromatic heterocycles. The second-order valence-corrected chi connectivity index (χ2v) is 54.6. The molecule has 0 atom stereocenters. The molecular weight excluding hydrogens is 623 g/mol. The molecular formula is C29H61Cl3Si6. The second-order valence-electron chi connectivity index (χ2n) is 18.5. The van der Waals surface area contributed by atoms with E-state index < -0.39 is 52.2 Å². The number of alkyl halides is 3. The zero-order valence-corrected chi connectivity index (χ0v) is 36.5. The lowest BCUT2D eigenvalue weighted by atomic mass is 9.97. The van der Waals surface area contributed by atoms with Crippen LogP contribution in [0.15, 0.2) is 12.1 Å². The molecule has 0 fully saturated rings. The highest BCUT2D eigenvalue weighted by atomic mass is 35.6. The summed E-state index contributed by atoms with van der Waals surface area (Å²) in [6, 6.07) is 5.37. The Labute approximate surface area is 259 Å². The maximum atomic E-state index is 6.72. The van der Waals surface area contributed by atoms with Crippen LogP contribution in [0.5, 0.6) is 0 Å². The van der Waals surface area contributed by atoms with Crippen molar-refractivity contribution in [3.8, 4) is 0 Å². The van der Waals surface area contributed by atoms with E-state index in [-0.39, 0.29) is 0 Å². The van der Waals surface area contributed by atoms with Crippen LogP contribution in [0.1, 0.15) is 37.7 Å². The van der Waals surface area contributed by atoms with E-state index >= 15 is 0 Å². The fourth-order valence-electron chi connectivity index (χ4n) is 8.59. The molecule has 222 valence electrons. The molecule has 0 amide bonds. The van der Waals surface area contributed by atoms with Gasteiger partial charge < -0.3 is 0 Å². The quantitative estimate of drug-likeness (QED) is 0.170. The van der Waals surface area contributed by atoms with Crippen LogP contribution >= 0.6 is 34.8 Å². The van der Waals surface area contributed by atoms with Crippen molar-refractivity contribution in [1.29, 1.82) is 0 Å². The third-order valence-electron chi connectivity index (χ3n) is 7.87. The molecule has 0 radical (unpaired) electrons. The highest BCUT2D eigenvalue weighted by molar-refractivity contribution is 6.98.